The van der Waals surface area contributed by atoms with Crippen molar-refractivity contribution >= 4 is 17.9 Å². The maximum atomic E-state index is 12.6. The molecule has 312 valence electrons. The van der Waals surface area contributed by atoms with Crippen LogP contribution in [0.1, 0.15) is 188 Å². The van der Waals surface area contributed by atoms with Crippen molar-refractivity contribution in [2.45, 2.75) is 194 Å². The van der Waals surface area contributed by atoms with Crippen LogP contribution in [0.5, 0.6) is 0 Å². The van der Waals surface area contributed by atoms with Crippen molar-refractivity contribution < 1.29 is 28.6 Å². The first-order chi connectivity index (χ1) is 27.0. The lowest BCUT2D eigenvalue weighted by atomic mass is 10.1. The highest BCUT2D eigenvalue weighted by Gasteiger charge is 2.19. The number of unbranched alkanes of at least 4 members (excludes halogenated alkanes) is 14. The van der Waals surface area contributed by atoms with E-state index in [0.29, 0.717) is 12.8 Å². The molecule has 0 spiro atoms. The normalized spacial score (nSPS) is 12.9. The first kappa shape index (κ1) is 51.6. The van der Waals surface area contributed by atoms with Crippen molar-refractivity contribution in [2.75, 3.05) is 13.2 Å². The quantitative estimate of drug-likeness (QED) is 0.0270. The van der Waals surface area contributed by atoms with Gasteiger partial charge >= 0.3 is 17.9 Å². The molecule has 0 aromatic heterocycles. The van der Waals surface area contributed by atoms with Crippen LogP contribution in [-0.2, 0) is 28.6 Å². The molecule has 0 aromatic rings. The monoisotopic (exact) mass is 765 g/mol. The Morgan fingerprint density at radius 3 is 1.22 bits per heavy atom. The van der Waals surface area contributed by atoms with E-state index in [9.17, 15) is 14.4 Å². The van der Waals surface area contributed by atoms with Crippen molar-refractivity contribution in [3.63, 3.8) is 0 Å². The fourth-order valence-electron chi connectivity index (χ4n) is 5.60. The average Bonchev–Trinajstić information content (AvgIpc) is 3.18. The van der Waals surface area contributed by atoms with Crippen LogP contribution in [0.2, 0.25) is 0 Å². The standard InChI is InChI=1S/C49H80O6/c1-4-7-10-13-16-18-20-22-24-26-27-29-31-33-36-39-42-48(51)54-45-46(44-53-47(50)41-38-35-15-12-9-6-3)55-49(52)43-40-37-34-32-30-28-25-23-21-19-17-14-11-8-5-2/h8,11,17-20,23-26,30,32,37,40,46H,4-7,9-10,12-16,21-22,27-29,31,33-36,38-39,41-45H2,1-3H3/b11-8-,19-17-,20-18-,25-23-,26-24-,32-30-,40-37-. The van der Waals surface area contributed by atoms with Gasteiger partial charge in [0, 0.05) is 12.8 Å². The van der Waals surface area contributed by atoms with Crippen LogP contribution in [0.4, 0.5) is 0 Å². The maximum Gasteiger partial charge on any atom is 0.310 e. The molecule has 0 saturated heterocycles. The van der Waals surface area contributed by atoms with Gasteiger partial charge in [-0.2, -0.15) is 0 Å². The van der Waals surface area contributed by atoms with Gasteiger partial charge < -0.3 is 14.2 Å². The predicted octanol–water partition coefficient (Wildman–Crippen LogP) is 14.1. The van der Waals surface area contributed by atoms with E-state index in [1.807, 2.05) is 6.08 Å². The fraction of sp³-hybridized carbons (Fsp3) is 0.653. The van der Waals surface area contributed by atoms with Crippen molar-refractivity contribution in [1.29, 1.82) is 0 Å². The van der Waals surface area contributed by atoms with Gasteiger partial charge in [0.1, 0.15) is 13.2 Å². The van der Waals surface area contributed by atoms with Gasteiger partial charge in [-0.3, -0.25) is 14.4 Å². The fourth-order valence-corrected chi connectivity index (χ4v) is 5.60. The van der Waals surface area contributed by atoms with Gasteiger partial charge in [-0.15, -0.1) is 0 Å². The minimum Gasteiger partial charge on any atom is -0.462 e. The van der Waals surface area contributed by atoms with Gasteiger partial charge in [-0.1, -0.05) is 176 Å². The highest BCUT2D eigenvalue weighted by Crippen LogP contribution is 2.11. The van der Waals surface area contributed by atoms with E-state index >= 15 is 0 Å². The summed E-state index contributed by atoms with van der Waals surface area (Å²) < 4.78 is 16.5. The molecular weight excluding hydrogens is 685 g/mol. The summed E-state index contributed by atoms with van der Waals surface area (Å²) in [5.74, 6) is -1.08. The lowest BCUT2D eigenvalue weighted by molar-refractivity contribution is -0.166. The van der Waals surface area contributed by atoms with E-state index < -0.39 is 12.1 Å². The van der Waals surface area contributed by atoms with Gasteiger partial charge in [-0.25, -0.2) is 0 Å². The second-order valence-electron chi connectivity index (χ2n) is 14.2. The van der Waals surface area contributed by atoms with Crippen molar-refractivity contribution in [1.82, 2.24) is 0 Å². The van der Waals surface area contributed by atoms with Crippen LogP contribution in [0, 0.1) is 0 Å². The molecule has 55 heavy (non-hydrogen) atoms. The molecule has 0 fully saturated rings. The van der Waals surface area contributed by atoms with E-state index in [1.165, 1.54) is 51.4 Å². The zero-order valence-corrected chi connectivity index (χ0v) is 35.4. The summed E-state index contributed by atoms with van der Waals surface area (Å²) in [7, 11) is 0. The summed E-state index contributed by atoms with van der Waals surface area (Å²) in [4.78, 5) is 37.5. The molecule has 6 nitrogen and oxygen atoms in total. The zero-order valence-electron chi connectivity index (χ0n) is 35.4. The Hall–Kier alpha value is -3.41. The molecule has 0 aliphatic rings. The third-order valence-corrected chi connectivity index (χ3v) is 8.92. The molecule has 0 aromatic carbocycles. The molecule has 0 rings (SSSR count). The highest BCUT2D eigenvalue weighted by atomic mass is 16.6. The molecule has 0 amide bonds. The van der Waals surface area contributed by atoms with Crippen LogP contribution in [0.3, 0.4) is 0 Å². The van der Waals surface area contributed by atoms with Crippen LogP contribution < -0.4 is 0 Å². The third-order valence-electron chi connectivity index (χ3n) is 8.92. The van der Waals surface area contributed by atoms with E-state index in [4.69, 9.17) is 14.2 Å². The summed E-state index contributed by atoms with van der Waals surface area (Å²) in [6.45, 7) is 6.32. The molecule has 0 aliphatic heterocycles. The van der Waals surface area contributed by atoms with E-state index in [0.717, 1.165) is 96.3 Å². The summed E-state index contributed by atoms with van der Waals surface area (Å²) in [5, 5.41) is 0. The summed E-state index contributed by atoms with van der Waals surface area (Å²) >= 11 is 0. The first-order valence-electron chi connectivity index (χ1n) is 22.1. The Balaban J connectivity index is 4.45. The second-order valence-corrected chi connectivity index (χ2v) is 14.2. The molecule has 0 saturated carbocycles. The van der Waals surface area contributed by atoms with Crippen molar-refractivity contribution in [2.24, 2.45) is 0 Å². The topological polar surface area (TPSA) is 78.9 Å². The van der Waals surface area contributed by atoms with Gasteiger partial charge in [0.25, 0.3) is 0 Å². The first-order valence-corrected chi connectivity index (χ1v) is 22.1. The Morgan fingerprint density at radius 1 is 0.400 bits per heavy atom. The van der Waals surface area contributed by atoms with Gasteiger partial charge in [0.15, 0.2) is 6.10 Å². The van der Waals surface area contributed by atoms with E-state index in [1.54, 1.807) is 6.08 Å². The number of allylic oxidation sites excluding steroid dienone is 13. The molecule has 1 atom stereocenters. The van der Waals surface area contributed by atoms with Crippen molar-refractivity contribution in [3.8, 4) is 0 Å². The largest absolute Gasteiger partial charge is 0.462 e. The molecule has 6 heteroatoms. The van der Waals surface area contributed by atoms with Gasteiger partial charge in [0.2, 0.25) is 0 Å². The summed E-state index contributed by atoms with van der Waals surface area (Å²) in [6.07, 6.45) is 54.7. The predicted molar refractivity (Wildman–Crippen MR) is 233 cm³/mol. The SMILES string of the molecule is CC/C=C\C/C=C\C/C=C\C/C=C\C/C=C\CC(=O)OC(COC(=O)CCCCCCCC)COC(=O)CCCCCCC/C=C\C/C=C\CCCCCC. The number of carbonyl (C=O) groups excluding carboxylic acids is 3. The number of esters is 3. The number of rotatable bonds is 38. The van der Waals surface area contributed by atoms with Gasteiger partial charge in [0.05, 0.1) is 6.42 Å². The number of carbonyl (C=O) groups is 3. The average molecular weight is 765 g/mol. The minimum atomic E-state index is -0.831. The highest BCUT2D eigenvalue weighted by molar-refractivity contribution is 5.72. The zero-order chi connectivity index (χ0) is 40.1. The van der Waals surface area contributed by atoms with E-state index in [-0.39, 0.29) is 31.6 Å². The molecule has 0 radical (unpaired) electrons. The Kier molecular flexibility index (Phi) is 40.6. The summed E-state index contributed by atoms with van der Waals surface area (Å²) in [6, 6.07) is 0. The third kappa shape index (κ3) is 41.6. The second kappa shape index (κ2) is 43.3. The Morgan fingerprint density at radius 2 is 0.764 bits per heavy atom. The lowest BCUT2D eigenvalue weighted by Gasteiger charge is -2.18. The van der Waals surface area contributed by atoms with Gasteiger partial charge in [-0.05, 0) is 77.0 Å². The van der Waals surface area contributed by atoms with Crippen LogP contribution in [0.15, 0.2) is 85.1 Å². The number of hydrogen-bond donors (Lipinski definition) is 0. The van der Waals surface area contributed by atoms with Crippen LogP contribution in [-0.4, -0.2) is 37.2 Å². The Bertz CT molecular complexity index is 1110. The minimum absolute atomic E-state index is 0.0930. The number of ether oxygens (including phenoxy) is 3. The molecule has 0 bridgehead atoms. The van der Waals surface area contributed by atoms with E-state index in [2.05, 4.69) is 93.7 Å². The molecule has 0 aliphatic carbocycles. The maximum absolute atomic E-state index is 12.6. The van der Waals surface area contributed by atoms with Crippen LogP contribution in [0.25, 0.3) is 0 Å². The molecule has 0 heterocycles. The molecular formula is C49H80O6. The van der Waals surface area contributed by atoms with Crippen molar-refractivity contribution in [3.05, 3.63) is 85.1 Å². The Labute approximate surface area is 337 Å². The summed E-state index contributed by atoms with van der Waals surface area (Å²) in [5.41, 5.74) is 0. The lowest BCUT2D eigenvalue weighted by Crippen LogP contribution is -2.30. The van der Waals surface area contributed by atoms with Crippen LogP contribution >= 0.6 is 0 Å². The molecule has 1 unspecified atom stereocenters. The number of hydrogen-bond acceptors (Lipinski definition) is 6. The smallest absolute Gasteiger partial charge is 0.310 e. The molecule has 0 N–H and O–H groups in total.